The van der Waals surface area contributed by atoms with Crippen molar-refractivity contribution in [2.45, 2.75) is 51.7 Å². The normalized spacial score (nSPS) is 25.7. The third-order valence-electron chi connectivity index (χ3n) is 3.51. The van der Waals surface area contributed by atoms with Crippen molar-refractivity contribution in [2.75, 3.05) is 0 Å². The number of nitrogens with zero attached hydrogens (tertiary/aromatic N) is 2. The maximum Gasteiger partial charge on any atom is 0.153 e. The largest absolute Gasteiger partial charge is 0.391 e. The monoisotopic (exact) mass is 222 g/mol. The zero-order chi connectivity index (χ0) is 11.7. The van der Waals surface area contributed by atoms with E-state index >= 15 is 0 Å². The van der Waals surface area contributed by atoms with Crippen LogP contribution in [0.4, 0.5) is 0 Å². The number of carbonyl (C=O) groups is 1. The van der Waals surface area contributed by atoms with Crippen LogP contribution in [-0.2, 0) is 0 Å². The summed E-state index contributed by atoms with van der Waals surface area (Å²) in [6.07, 6.45) is 4.50. The number of aliphatic hydroxyl groups is 1. The quantitative estimate of drug-likeness (QED) is 0.776. The summed E-state index contributed by atoms with van der Waals surface area (Å²) in [6, 6.07) is 0.0427. The molecule has 88 valence electrons. The highest BCUT2D eigenvalue weighted by Gasteiger charge is 2.27. The van der Waals surface area contributed by atoms with Crippen molar-refractivity contribution in [1.82, 2.24) is 9.78 Å². The molecule has 2 unspecified atom stereocenters. The van der Waals surface area contributed by atoms with Gasteiger partial charge >= 0.3 is 0 Å². The molecule has 0 amide bonds. The molecule has 1 fully saturated rings. The Hall–Kier alpha value is -1.16. The fourth-order valence-corrected chi connectivity index (χ4v) is 2.55. The molecular weight excluding hydrogens is 204 g/mol. The first-order valence-corrected chi connectivity index (χ1v) is 5.84. The Morgan fingerprint density at radius 3 is 2.62 bits per heavy atom. The van der Waals surface area contributed by atoms with Gasteiger partial charge in [0.1, 0.15) is 0 Å². The summed E-state index contributed by atoms with van der Waals surface area (Å²) in [7, 11) is 0. The smallest absolute Gasteiger partial charge is 0.153 e. The Morgan fingerprint density at radius 1 is 1.38 bits per heavy atom. The van der Waals surface area contributed by atoms with Crippen molar-refractivity contribution in [3.05, 3.63) is 17.0 Å². The van der Waals surface area contributed by atoms with Crippen molar-refractivity contribution in [2.24, 2.45) is 0 Å². The zero-order valence-electron chi connectivity index (χ0n) is 9.81. The van der Waals surface area contributed by atoms with Gasteiger partial charge in [-0.2, -0.15) is 5.10 Å². The minimum absolute atomic E-state index is 0.0427. The number of aliphatic hydroxyl groups excluding tert-OH is 1. The van der Waals surface area contributed by atoms with Gasteiger partial charge < -0.3 is 5.11 Å². The average molecular weight is 222 g/mol. The summed E-state index contributed by atoms with van der Waals surface area (Å²) in [5.74, 6) is 0. The van der Waals surface area contributed by atoms with Crippen LogP contribution in [0, 0.1) is 13.8 Å². The summed E-state index contributed by atoms with van der Waals surface area (Å²) >= 11 is 0. The van der Waals surface area contributed by atoms with E-state index in [0.29, 0.717) is 5.56 Å². The van der Waals surface area contributed by atoms with E-state index in [-0.39, 0.29) is 12.1 Å². The standard InChI is InChI=1S/C12H18N2O2/c1-8-10(7-15)9(2)14(13-8)11-5-3-4-6-12(11)16/h7,11-12,16H,3-6H2,1-2H3. The number of aryl methyl sites for hydroxylation is 1. The van der Waals surface area contributed by atoms with Crippen molar-refractivity contribution in [1.29, 1.82) is 0 Å². The topological polar surface area (TPSA) is 55.1 Å². The molecule has 2 rings (SSSR count). The van der Waals surface area contributed by atoms with Crippen LogP contribution in [0.15, 0.2) is 0 Å². The minimum Gasteiger partial charge on any atom is -0.391 e. The molecule has 1 saturated carbocycles. The molecule has 4 nitrogen and oxygen atoms in total. The molecule has 0 saturated heterocycles. The molecule has 16 heavy (non-hydrogen) atoms. The van der Waals surface area contributed by atoms with Gasteiger partial charge in [-0.3, -0.25) is 9.48 Å². The molecule has 1 aromatic heterocycles. The summed E-state index contributed by atoms with van der Waals surface area (Å²) in [6.45, 7) is 3.73. The Morgan fingerprint density at radius 2 is 2.06 bits per heavy atom. The highest BCUT2D eigenvalue weighted by molar-refractivity contribution is 5.78. The second-order valence-electron chi connectivity index (χ2n) is 4.57. The summed E-state index contributed by atoms with van der Waals surface area (Å²) in [5.41, 5.74) is 2.29. The van der Waals surface area contributed by atoms with Crippen molar-refractivity contribution >= 4 is 6.29 Å². The Labute approximate surface area is 95.3 Å². The summed E-state index contributed by atoms with van der Waals surface area (Å²) in [5, 5.41) is 14.4. The molecule has 1 aliphatic carbocycles. The lowest BCUT2D eigenvalue weighted by atomic mass is 9.92. The third-order valence-corrected chi connectivity index (χ3v) is 3.51. The molecule has 1 aliphatic rings. The SMILES string of the molecule is Cc1nn(C2CCCCC2O)c(C)c1C=O. The lowest BCUT2D eigenvalue weighted by molar-refractivity contribution is 0.0682. The first-order chi connectivity index (χ1) is 7.65. The van der Waals surface area contributed by atoms with E-state index in [1.165, 1.54) is 0 Å². The highest BCUT2D eigenvalue weighted by Crippen LogP contribution is 2.30. The zero-order valence-corrected chi connectivity index (χ0v) is 9.81. The number of aromatic nitrogens is 2. The number of carbonyl (C=O) groups excluding carboxylic acids is 1. The summed E-state index contributed by atoms with van der Waals surface area (Å²) < 4.78 is 1.84. The Balaban J connectivity index is 2.35. The second kappa shape index (κ2) is 4.37. The highest BCUT2D eigenvalue weighted by atomic mass is 16.3. The van der Waals surface area contributed by atoms with Crippen LogP contribution in [0.2, 0.25) is 0 Å². The van der Waals surface area contributed by atoms with E-state index in [4.69, 9.17) is 0 Å². The van der Waals surface area contributed by atoms with Crippen LogP contribution in [0.3, 0.4) is 0 Å². The van der Waals surface area contributed by atoms with Gasteiger partial charge in [-0.1, -0.05) is 12.8 Å². The van der Waals surface area contributed by atoms with Gasteiger partial charge in [-0.05, 0) is 26.7 Å². The first-order valence-electron chi connectivity index (χ1n) is 5.84. The fourth-order valence-electron chi connectivity index (χ4n) is 2.55. The maximum atomic E-state index is 10.9. The van der Waals surface area contributed by atoms with E-state index in [1.807, 2.05) is 18.5 Å². The first kappa shape index (κ1) is 11.3. The Kier molecular flexibility index (Phi) is 3.10. The molecule has 4 heteroatoms. The molecule has 0 radical (unpaired) electrons. The van der Waals surface area contributed by atoms with Gasteiger partial charge in [0.25, 0.3) is 0 Å². The van der Waals surface area contributed by atoms with Gasteiger partial charge in [0.05, 0.1) is 23.4 Å². The van der Waals surface area contributed by atoms with Crippen molar-refractivity contribution in [3.63, 3.8) is 0 Å². The van der Waals surface area contributed by atoms with Crippen LogP contribution in [0.1, 0.15) is 53.5 Å². The number of rotatable bonds is 2. The van der Waals surface area contributed by atoms with Crippen LogP contribution in [-0.4, -0.2) is 27.3 Å². The van der Waals surface area contributed by atoms with Gasteiger partial charge in [-0.15, -0.1) is 0 Å². The molecule has 2 atom stereocenters. The van der Waals surface area contributed by atoms with E-state index < -0.39 is 0 Å². The maximum absolute atomic E-state index is 10.9. The molecular formula is C12H18N2O2. The molecule has 0 aliphatic heterocycles. The van der Waals surface area contributed by atoms with E-state index in [0.717, 1.165) is 43.4 Å². The summed E-state index contributed by atoms with van der Waals surface area (Å²) in [4.78, 5) is 10.9. The molecule has 1 aromatic rings. The van der Waals surface area contributed by atoms with Gasteiger partial charge in [0, 0.05) is 5.69 Å². The second-order valence-corrected chi connectivity index (χ2v) is 4.57. The van der Waals surface area contributed by atoms with Crippen LogP contribution in [0.25, 0.3) is 0 Å². The Bertz CT molecular complexity index is 398. The lowest BCUT2D eigenvalue weighted by Crippen LogP contribution is -2.29. The van der Waals surface area contributed by atoms with E-state index in [1.54, 1.807) is 0 Å². The lowest BCUT2D eigenvalue weighted by Gasteiger charge is -2.28. The number of aldehydes is 1. The predicted molar refractivity (Wildman–Crippen MR) is 60.6 cm³/mol. The van der Waals surface area contributed by atoms with E-state index in [9.17, 15) is 9.90 Å². The van der Waals surface area contributed by atoms with Gasteiger partial charge in [0.15, 0.2) is 6.29 Å². The molecule has 0 spiro atoms. The van der Waals surface area contributed by atoms with Crippen molar-refractivity contribution < 1.29 is 9.90 Å². The van der Waals surface area contributed by atoms with Crippen LogP contribution in [0.5, 0.6) is 0 Å². The average Bonchev–Trinajstić information content (AvgIpc) is 2.55. The molecule has 0 aromatic carbocycles. The molecule has 1 heterocycles. The van der Waals surface area contributed by atoms with Crippen molar-refractivity contribution in [3.8, 4) is 0 Å². The predicted octanol–water partition coefficient (Wildman–Crippen LogP) is 1.79. The fraction of sp³-hybridized carbons (Fsp3) is 0.667. The van der Waals surface area contributed by atoms with Gasteiger partial charge in [0.2, 0.25) is 0 Å². The third kappa shape index (κ3) is 1.78. The van der Waals surface area contributed by atoms with Crippen LogP contribution < -0.4 is 0 Å². The molecule has 1 N–H and O–H groups in total. The minimum atomic E-state index is -0.328. The molecule has 0 bridgehead atoms. The van der Waals surface area contributed by atoms with Gasteiger partial charge in [-0.25, -0.2) is 0 Å². The van der Waals surface area contributed by atoms with E-state index in [2.05, 4.69) is 5.10 Å². The number of hydrogen-bond acceptors (Lipinski definition) is 3. The number of hydrogen-bond donors (Lipinski definition) is 1. The van der Waals surface area contributed by atoms with Crippen LogP contribution >= 0.6 is 0 Å².